The first-order valence-corrected chi connectivity index (χ1v) is 4.55. The van der Waals surface area contributed by atoms with E-state index in [0.29, 0.717) is 0 Å². The highest BCUT2D eigenvalue weighted by Gasteiger charge is 2.12. The van der Waals surface area contributed by atoms with Gasteiger partial charge in [0.05, 0.1) is 0 Å². The van der Waals surface area contributed by atoms with Crippen molar-refractivity contribution in [3.8, 4) is 0 Å². The van der Waals surface area contributed by atoms with E-state index in [1.54, 1.807) is 0 Å². The Morgan fingerprint density at radius 1 is 1.18 bits per heavy atom. The molecule has 0 N–H and O–H groups in total. The topological polar surface area (TPSA) is 3.24 Å². The van der Waals surface area contributed by atoms with Gasteiger partial charge < -0.3 is 0 Å². The first kappa shape index (κ1) is 7.32. The van der Waals surface area contributed by atoms with Crippen molar-refractivity contribution in [2.24, 2.45) is 0 Å². The summed E-state index contributed by atoms with van der Waals surface area (Å²) in [6, 6.07) is 8.63. The van der Waals surface area contributed by atoms with E-state index in [-0.39, 0.29) is 0 Å². The van der Waals surface area contributed by atoms with E-state index in [2.05, 4.69) is 44.3 Å². The number of hydrogen-bond donors (Lipinski definition) is 0. The standard InChI is InChI=1S/C9H10BrN/c10-11-6-5-8-3-1-2-4-9(8)7-11/h1-4H,5-7H2. The largest absolute Gasteiger partial charge is 0.238 e. The summed E-state index contributed by atoms with van der Waals surface area (Å²) >= 11 is 3.49. The number of benzene rings is 1. The van der Waals surface area contributed by atoms with Crippen molar-refractivity contribution in [2.45, 2.75) is 13.0 Å². The minimum Gasteiger partial charge on any atom is -0.238 e. The Labute approximate surface area is 75.4 Å². The summed E-state index contributed by atoms with van der Waals surface area (Å²) < 4.78 is 2.18. The zero-order valence-corrected chi connectivity index (χ0v) is 7.84. The fraction of sp³-hybridized carbons (Fsp3) is 0.333. The summed E-state index contributed by atoms with van der Waals surface area (Å²) in [4.78, 5) is 0. The maximum atomic E-state index is 3.49. The maximum Gasteiger partial charge on any atom is 0.0346 e. The van der Waals surface area contributed by atoms with Crippen molar-refractivity contribution in [1.29, 1.82) is 0 Å². The molecule has 1 aromatic rings. The van der Waals surface area contributed by atoms with E-state index < -0.39 is 0 Å². The molecule has 0 bridgehead atoms. The monoisotopic (exact) mass is 211 g/mol. The molecule has 1 aliphatic heterocycles. The van der Waals surface area contributed by atoms with Crippen molar-refractivity contribution < 1.29 is 0 Å². The summed E-state index contributed by atoms with van der Waals surface area (Å²) in [5.41, 5.74) is 2.96. The third-order valence-electron chi connectivity index (χ3n) is 2.08. The van der Waals surface area contributed by atoms with Crippen LogP contribution >= 0.6 is 16.1 Å². The molecule has 2 heteroatoms. The van der Waals surface area contributed by atoms with Crippen LogP contribution in [0.3, 0.4) is 0 Å². The number of hydrogen-bond acceptors (Lipinski definition) is 1. The average molecular weight is 212 g/mol. The third kappa shape index (κ3) is 1.47. The van der Waals surface area contributed by atoms with Crippen LogP contribution in [0.5, 0.6) is 0 Å². The molecule has 1 aliphatic rings. The lowest BCUT2D eigenvalue weighted by Crippen LogP contribution is -2.21. The van der Waals surface area contributed by atoms with Gasteiger partial charge in [0.2, 0.25) is 0 Å². The van der Waals surface area contributed by atoms with Crippen molar-refractivity contribution >= 4 is 16.1 Å². The molecule has 0 saturated heterocycles. The Hall–Kier alpha value is -0.340. The van der Waals surface area contributed by atoms with Crippen LogP contribution in [0.25, 0.3) is 0 Å². The summed E-state index contributed by atoms with van der Waals surface area (Å²) in [5.74, 6) is 0. The summed E-state index contributed by atoms with van der Waals surface area (Å²) in [6.07, 6.45) is 1.17. The second-order valence-electron chi connectivity index (χ2n) is 2.86. The molecule has 0 unspecified atom stereocenters. The SMILES string of the molecule is BrN1CCc2ccccc2C1. The highest BCUT2D eigenvalue weighted by Crippen LogP contribution is 2.19. The molecule has 0 amide bonds. The van der Waals surface area contributed by atoms with Crippen molar-refractivity contribution in [3.63, 3.8) is 0 Å². The van der Waals surface area contributed by atoms with Crippen LogP contribution < -0.4 is 0 Å². The van der Waals surface area contributed by atoms with E-state index >= 15 is 0 Å². The minimum atomic E-state index is 1.04. The van der Waals surface area contributed by atoms with Gasteiger partial charge in [-0.1, -0.05) is 24.3 Å². The first-order chi connectivity index (χ1) is 5.36. The zero-order valence-electron chi connectivity index (χ0n) is 6.26. The van der Waals surface area contributed by atoms with Gasteiger partial charge in [-0.3, -0.25) is 0 Å². The molecule has 1 heterocycles. The Bertz CT molecular complexity index is 259. The summed E-state index contributed by atoms with van der Waals surface area (Å²) in [6.45, 7) is 2.16. The Morgan fingerprint density at radius 2 is 1.91 bits per heavy atom. The van der Waals surface area contributed by atoms with Gasteiger partial charge in [0, 0.05) is 29.2 Å². The molecule has 0 spiro atoms. The number of nitrogens with zero attached hydrogens (tertiary/aromatic N) is 1. The van der Waals surface area contributed by atoms with Gasteiger partial charge in [-0.15, -0.1) is 0 Å². The fourth-order valence-corrected chi connectivity index (χ4v) is 1.91. The summed E-state index contributed by atoms with van der Waals surface area (Å²) in [5, 5.41) is 0. The van der Waals surface area contributed by atoms with E-state index in [1.807, 2.05) is 0 Å². The minimum absolute atomic E-state index is 1.04. The Balaban J connectivity index is 2.34. The molecular weight excluding hydrogens is 202 g/mol. The van der Waals surface area contributed by atoms with Crippen LogP contribution in [0.2, 0.25) is 0 Å². The van der Waals surface area contributed by atoms with Crippen molar-refractivity contribution in [1.82, 2.24) is 3.93 Å². The summed E-state index contributed by atoms with van der Waals surface area (Å²) in [7, 11) is 0. The normalized spacial score (nSPS) is 17.9. The van der Waals surface area contributed by atoms with E-state index in [1.165, 1.54) is 17.5 Å². The van der Waals surface area contributed by atoms with E-state index in [9.17, 15) is 0 Å². The highest BCUT2D eigenvalue weighted by atomic mass is 79.9. The van der Waals surface area contributed by atoms with Crippen molar-refractivity contribution in [2.75, 3.05) is 6.54 Å². The lowest BCUT2D eigenvalue weighted by atomic mass is 10.0. The van der Waals surface area contributed by atoms with Crippen LogP contribution in [-0.2, 0) is 13.0 Å². The quantitative estimate of drug-likeness (QED) is 0.596. The second kappa shape index (κ2) is 2.95. The molecular formula is C9H10BrN. The van der Waals surface area contributed by atoms with Crippen molar-refractivity contribution in [3.05, 3.63) is 35.4 Å². The molecule has 58 valence electrons. The molecule has 0 aromatic heterocycles. The first-order valence-electron chi connectivity index (χ1n) is 3.84. The molecule has 1 aromatic carbocycles. The van der Waals surface area contributed by atoms with Gasteiger partial charge in [0.25, 0.3) is 0 Å². The van der Waals surface area contributed by atoms with E-state index in [0.717, 1.165) is 13.1 Å². The fourth-order valence-electron chi connectivity index (χ4n) is 1.46. The lowest BCUT2D eigenvalue weighted by Gasteiger charge is -2.22. The van der Waals surface area contributed by atoms with Gasteiger partial charge in [-0.2, -0.15) is 0 Å². The molecule has 0 atom stereocenters. The zero-order chi connectivity index (χ0) is 7.68. The number of fused-ring (bicyclic) bond motifs is 1. The van der Waals surface area contributed by atoms with E-state index in [4.69, 9.17) is 0 Å². The molecule has 0 fully saturated rings. The van der Waals surface area contributed by atoms with Gasteiger partial charge in [0.1, 0.15) is 0 Å². The lowest BCUT2D eigenvalue weighted by molar-refractivity contribution is 0.460. The van der Waals surface area contributed by atoms with Crippen LogP contribution in [0, 0.1) is 0 Å². The Kier molecular flexibility index (Phi) is 1.96. The smallest absolute Gasteiger partial charge is 0.0346 e. The van der Waals surface area contributed by atoms with Gasteiger partial charge in [-0.05, 0) is 17.5 Å². The molecule has 0 aliphatic carbocycles. The maximum absolute atomic E-state index is 3.49. The number of rotatable bonds is 0. The predicted molar refractivity (Wildman–Crippen MR) is 49.5 cm³/mol. The van der Waals surface area contributed by atoms with Gasteiger partial charge in [-0.25, -0.2) is 3.93 Å². The van der Waals surface area contributed by atoms with Crippen LogP contribution in [0.4, 0.5) is 0 Å². The number of halogens is 1. The second-order valence-corrected chi connectivity index (χ2v) is 3.87. The Morgan fingerprint density at radius 3 is 2.73 bits per heavy atom. The molecule has 11 heavy (non-hydrogen) atoms. The van der Waals surface area contributed by atoms with Crippen LogP contribution in [0.15, 0.2) is 24.3 Å². The predicted octanol–water partition coefficient (Wildman–Crippen LogP) is 2.35. The molecule has 1 nitrogen and oxygen atoms in total. The molecule has 0 saturated carbocycles. The molecule has 2 rings (SSSR count). The highest BCUT2D eigenvalue weighted by molar-refractivity contribution is 9.07. The van der Waals surface area contributed by atoms with Crippen LogP contribution in [-0.4, -0.2) is 10.5 Å². The van der Waals surface area contributed by atoms with Crippen LogP contribution in [0.1, 0.15) is 11.1 Å². The van der Waals surface area contributed by atoms with Gasteiger partial charge in [0.15, 0.2) is 0 Å². The molecule has 0 radical (unpaired) electrons. The van der Waals surface area contributed by atoms with Gasteiger partial charge >= 0.3 is 0 Å². The average Bonchev–Trinajstić information content (AvgIpc) is 2.04. The third-order valence-corrected chi connectivity index (χ3v) is 2.69.